The molecule has 2 aliphatic heterocycles. The van der Waals surface area contributed by atoms with Crippen molar-refractivity contribution >= 4 is 5.71 Å². The van der Waals surface area contributed by atoms with Gasteiger partial charge in [0.15, 0.2) is 0 Å². The summed E-state index contributed by atoms with van der Waals surface area (Å²) in [7, 11) is 0. The molecule has 47 heavy (non-hydrogen) atoms. The third-order valence-corrected chi connectivity index (χ3v) is 9.58. The molecule has 4 N–H and O–H groups in total. The minimum Gasteiger partial charge on any atom is -0.322 e. The van der Waals surface area contributed by atoms with Crippen LogP contribution in [-0.2, 0) is 22.9 Å². The zero-order chi connectivity index (χ0) is 33.1. The fourth-order valence-corrected chi connectivity index (χ4v) is 6.55. The molecule has 4 aromatic carbocycles. The van der Waals surface area contributed by atoms with Crippen LogP contribution in [0.3, 0.4) is 0 Å². The van der Waals surface area contributed by atoms with Crippen molar-refractivity contribution < 1.29 is 20.3 Å². The Kier molecular flexibility index (Phi) is 12.1. The molecule has 2 heterocycles. The van der Waals surface area contributed by atoms with Gasteiger partial charge in [-0.2, -0.15) is 0 Å². The van der Waals surface area contributed by atoms with Crippen LogP contribution >= 0.6 is 0 Å². The van der Waals surface area contributed by atoms with Gasteiger partial charge < -0.3 is 5.73 Å². The van der Waals surface area contributed by atoms with Gasteiger partial charge in [-0.3, -0.25) is 25.3 Å². The average Bonchev–Trinajstić information content (AvgIpc) is 3.72. The summed E-state index contributed by atoms with van der Waals surface area (Å²) < 4.78 is 0. The molecule has 0 bridgehead atoms. The molecule has 0 radical (unpaired) electrons. The smallest absolute Gasteiger partial charge is 0.116 e. The van der Waals surface area contributed by atoms with E-state index < -0.39 is 17.2 Å². The zero-order valence-electron chi connectivity index (χ0n) is 27.5. The maximum absolute atomic E-state index is 9.60. The summed E-state index contributed by atoms with van der Waals surface area (Å²) >= 11 is 0. The van der Waals surface area contributed by atoms with Gasteiger partial charge in [0, 0.05) is 50.4 Å². The van der Waals surface area contributed by atoms with Crippen LogP contribution in [0.25, 0.3) is 0 Å². The Balaban J connectivity index is 0.000000216. The molecular weight excluding hydrogens is 588 g/mol. The first-order chi connectivity index (χ1) is 22.8. The monoisotopic (exact) mass is 636 g/mol. The molecule has 4 atom stereocenters. The molecule has 0 spiro atoms. The second kappa shape index (κ2) is 16.4. The van der Waals surface area contributed by atoms with Gasteiger partial charge in [0.1, 0.15) is 17.7 Å². The summed E-state index contributed by atoms with van der Waals surface area (Å²) in [6.07, 6.45) is 0.927. The molecule has 0 aliphatic carbocycles. The molecule has 6 rings (SSSR count). The van der Waals surface area contributed by atoms with Crippen molar-refractivity contribution in [1.29, 1.82) is 0 Å². The highest BCUT2D eigenvalue weighted by Gasteiger charge is 2.44. The highest BCUT2D eigenvalue weighted by atomic mass is 17.1. The number of rotatable bonds is 11. The number of likely N-dealkylation sites (tertiary alicyclic amines) is 2. The van der Waals surface area contributed by atoms with Crippen molar-refractivity contribution in [3.8, 4) is 0 Å². The number of nitrogens with two attached hydrogens (primary N) is 1. The van der Waals surface area contributed by atoms with Crippen molar-refractivity contribution in [3.63, 3.8) is 0 Å². The van der Waals surface area contributed by atoms with E-state index in [-0.39, 0.29) is 6.10 Å². The standard InChI is InChI=1S/C26H28N2O2.C13H20N2O2/c1-21(30-29)26(17-18-28(20-26)19-22-11-5-2-6-12-22)27-25(23-13-7-3-8-14-23)24-15-9-4-10-16-24;1-11(17-16)13(14)7-8-15(10-13)9-12-5-3-2-4-6-12/h2-16,21,29H,17-20H2,1H3;2-6,11,16H,7-10,14H2,1H3. The topological polar surface area (TPSA) is 104 Å². The number of aliphatic imine (C=N–C) groups is 1. The van der Waals surface area contributed by atoms with Crippen LogP contribution in [0, 0.1) is 0 Å². The van der Waals surface area contributed by atoms with Gasteiger partial charge in [-0.1, -0.05) is 121 Å². The summed E-state index contributed by atoms with van der Waals surface area (Å²) in [5.74, 6) is 0. The van der Waals surface area contributed by atoms with Crippen LogP contribution in [0.4, 0.5) is 0 Å². The number of benzene rings is 4. The van der Waals surface area contributed by atoms with E-state index >= 15 is 0 Å². The third kappa shape index (κ3) is 9.00. The van der Waals surface area contributed by atoms with Gasteiger partial charge in [0.05, 0.1) is 11.3 Å². The summed E-state index contributed by atoms with van der Waals surface area (Å²) in [5.41, 5.74) is 10.9. The lowest BCUT2D eigenvalue weighted by molar-refractivity contribution is -0.286. The van der Waals surface area contributed by atoms with Crippen molar-refractivity contribution in [2.75, 3.05) is 26.2 Å². The van der Waals surface area contributed by atoms with Crippen LogP contribution in [0.1, 0.15) is 48.9 Å². The SMILES string of the molecule is CC(OO)C1(N)CCN(Cc2ccccc2)C1.CC(OO)C1(N=C(c2ccccc2)c2ccccc2)CCN(Cc2ccccc2)C1. The lowest BCUT2D eigenvalue weighted by atomic mass is 9.91. The second-order valence-corrected chi connectivity index (χ2v) is 12.9. The summed E-state index contributed by atoms with van der Waals surface area (Å²) in [6, 6.07) is 41.3. The average molecular weight is 637 g/mol. The van der Waals surface area contributed by atoms with Gasteiger partial charge in [-0.05, 0) is 37.8 Å². The predicted molar refractivity (Wildman–Crippen MR) is 187 cm³/mol. The van der Waals surface area contributed by atoms with Crippen LogP contribution in [0.5, 0.6) is 0 Å². The van der Waals surface area contributed by atoms with Crippen LogP contribution in [0.15, 0.2) is 126 Å². The fourth-order valence-electron chi connectivity index (χ4n) is 6.55. The number of hydrogen-bond donors (Lipinski definition) is 3. The molecular formula is C39H48N4O4. The normalized spacial score (nSPS) is 22.7. The van der Waals surface area contributed by atoms with E-state index in [1.165, 1.54) is 11.1 Å². The van der Waals surface area contributed by atoms with E-state index in [1.54, 1.807) is 0 Å². The Morgan fingerprint density at radius 1 is 0.660 bits per heavy atom. The first-order valence-electron chi connectivity index (χ1n) is 16.5. The molecule has 8 heteroatoms. The van der Waals surface area contributed by atoms with Gasteiger partial charge in [0.25, 0.3) is 0 Å². The van der Waals surface area contributed by atoms with Crippen molar-refractivity contribution in [3.05, 3.63) is 144 Å². The second-order valence-electron chi connectivity index (χ2n) is 12.9. The van der Waals surface area contributed by atoms with E-state index in [0.717, 1.165) is 68.9 Å². The predicted octanol–water partition coefficient (Wildman–Crippen LogP) is 6.51. The Morgan fingerprint density at radius 2 is 1.09 bits per heavy atom. The van der Waals surface area contributed by atoms with E-state index in [4.69, 9.17) is 20.9 Å². The maximum Gasteiger partial charge on any atom is 0.116 e. The summed E-state index contributed by atoms with van der Waals surface area (Å²) in [6.45, 7) is 8.81. The van der Waals surface area contributed by atoms with Crippen molar-refractivity contribution in [2.45, 2.75) is 63.1 Å². The van der Waals surface area contributed by atoms with Gasteiger partial charge >= 0.3 is 0 Å². The van der Waals surface area contributed by atoms with Gasteiger partial charge in [-0.15, -0.1) is 0 Å². The van der Waals surface area contributed by atoms with E-state index in [0.29, 0.717) is 0 Å². The molecule has 248 valence electrons. The Labute approximate surface area is 279 Å². The largest absolute Gasteiger partial charge is 0.322 e. The quantitative estimate of drug-likeness (QED) is 0.0979. The Morgan fingerprint density at radius 3 is 1.55 bits per heavy atom. The maximum atomic E-state index is 9.60. The summed E-state index contributed by atoms with van der Waals surface area (Å²) in [5, 5.41) is 18.3. The molecule has 4 unspecified atom stereocenters. The Hall–Kier alpha value is -3.73. The molecule has 8 nitrogen and oxygen atoms in total. The Bertz CT molecular complexity index is 1480. The van der Waals surface area contributed by atoms with Crippen LogP contribution in [-0.4, -0.2) is 75.5 Å². The lowest BCUT2D eigenvalue weighted by Gasteiger charge is -2.31. The molecule has 2 saturated heterocycles. The van der Waals surface area contributed by atoms with Crippen LogP contribution in [0.2, 0.25) is 0 Å². The molecule has 2 aliphatic rings. The highest BCUT2D eigenvalue weighted by Crippen LogP contribution is 2.33. The first-order valence-corrected chi connectivity index (χ1v) is 16.5. The van der Waals surface area contributed by atoms with Crippen molar-refractivity contribution in [1.82, 2.24) is 9.80 Å². The number of nitrogens with zero attached hydrogens (tertiary/aromatic N) is 3. The summed E-state index contributed by atoms with van der Waals surface area (Å²) in [4.78, 5) is 19.2. The van der Waals surface area contributed by atoms with Crippen molar-refractivity contribution in [2.24, 2.45) is 10.7 Å². The molecule has 0 saturated carbocycles. The molecule has 2 fully saturated rings. The minimum absolute atomic E-state index is 0.330. The molecule has 0 amide bonds. The van der Waals surface area contributed by atoms with E-state index in [1.807, 2.05) is 74.5 Å². The fraction of sp³-hybridized carbons (Fsp3) is 0.359. The molecule has 0 aromatic heterocycles. The first kappa shape index (κ1) is 34.6. The van der Waals surface area contributed by atoms with Gasteiger partial charge in [0.2, 0.25) is 0 Å². The van der Waals surface area contributed by atoms with Crippen LogP contribution < -0.4 is 5.73 Å². The number of hydrogen-bond acceptors (Lipinski definition) is 8. The van der Waals surface area contributed by atoms with Gasteiger partial charge in [-0.25, -0.2) is 9.78 Å². The van der Waals surface area contributed by atoms with E-state index in [2.05, 4.69) is 75.4 Å². The third-order valence-electron chi connectivity index (χ3n) is 9.58. The van der Waals surface area contributed by atoms with E-state index in [9.17, 15) is 5.26 Å². The minimum atomic E-state index is -0.523. The zero-order valence-corrected chi connectivity index (χ0v) is 27.5. The molecule has 4 aromatic rings. The lowest BCUT2D eigenvalue weighted by Crippen LogP contribution is -2.52. The highest BCUT2D eigenvalue weighted by molar-refractivity contribution is 6.13.